The number of aryl methyl sites for hydroxylation is 2. The van der Waals surface area contributed by atoms with Crippen LogP contribution >= 0.6 is 0 Å². The second kappa shape index (κ2) is 8.33. The minimum Gasteiger partial charge on any atom is -0.462 e. The van der Waals surface area contributed by atoms with Gasteiger partial charge in [-0.25, -0.2) is 9.59 Å². The number of esters is 1. The van der Waals surface area contributed by atoms with Gasteiger partial charge in [0.15, 0.2) is 0 Å². The third-order valence-corrected chi connectivity index (χ3v) is 3.82. The maximum atomic E-state index is 12.4. The maximum absolute atomic E-state index is 12.4. The van der Waals surface area contributed by atoms with E-state index in [2.05, 4.69) is 0 Å². The van der Waals surface area contributed by atoms with E-state index in [0.29, 0.717) is 12.2 Å². The minimum atomic E-state index is -0.445. The lowest BCUT2D eigenvalue weighted by molar-refractivity contribution is 0.0526. The number of nitrogens with zero attached hydrogens (tertiary/aromatic N) is 1. The van der Waals surface area contributed by atoms with Gasteiger partial charge in [-0.05, 0) is 49.6 Å². The summed E-state index contributed by atoms with van der Waals surface area (Å²) in [5.74, 6) is -0.366. The van der Waals surface area contributed by atoms with Crippen LogP contribution in [0.4, 0.5) is 10.5 Å². The fourth-order valence-corrected chi connectivity index (χ4v) is 2.72. The lowest BCUT2D eigenvalue weighted by Crippen LogP contribution is -2.28. The molecule has 0 aliphatic heterocycles. The van der Waals surface area contributed by atoms with Crippen molar-refractivity contribution in [1.29, 1.82) is 0 Å². The average Bonchev–Trinajstić information content (AvgIpc) is 2.60. The maximum Gasteiger partial charge on any atom is 0.414 e. The number of ether oxygens (including phenoxy) is 2. The molecular formula is C20H23NO4. The van der Waals surface area contributed by atoms with Gasteiger partial charge in [0.2, 0.25) is 0 Å². The lowest BCUT2D eigenvalue weighted by atomic mass is 10.0. The van der Waals surface area contributed by atoms with Crippen LogP contribution in [0.1, 0.15) is 34.0 Å². The van der Waals surface area contributed by atoms with Gasteiger partial charge in [0, 0.05) is 7.05 Å². The van der Waals surface area contributed by atoms with Gasteiger partial charge in [0.05, 0.1) is 17.9 Å². The number of carbonyl (C=O) groups is 2. The van der Waals surface area contributed by atoms with Crippen molar-refractivity contribution in [2.45, 2.75) is 27.4 Å². The molecule has 2 aromatic carbocycles. The molecule has 0 aromatic heterocycles. The van der Waals surface area contributed by atoms with Crippen molar-refractivity contribution in [3.63, 3.8) is 0 Å². The number of hydrogen-bond donors (Lipinski definition) is 0. The Bertz CT molecular complexity index is 733. The molecule has 0 radical (unpaired) electrons. The van der Waals surface area contributed by atoms with Crippen molar-refractivity contribution in [2.75, 3.05) is 18.6 Å². The first-order valence-electron chi connectivity index (χ1n) is 8.16. The van der Waals surface area contributed by atoms with Crippen LogP contribution in [0.2, 0.25) is 0 Å². The van der Waals surface area contributed by atoms with Crippen LogP contribution in [-0.2, 0) is 16.1 Å². The van der Waals surface area contributed by atoms with Crippen molar-refractivity contribution in [2.24, 2.45) is 0 Å². The first-order chi connectivity index (χ1) is 11.9. The van der Waals surface area contributed by atoms with Crippen LogP contribution < -0.4 is 4.90 Å². The molecule has 5 nitrogen and oxygen atoms in total. The number of rotatable bonds is 5. The molecule has 2 rings (SSSR count). The summed E-state index contributed by atoms with van der Waals surface area (Å²) in [6, 6.07) is 13.0. The predicted molar refractivity (Wildman–Crippen MR) is 96.9 cm³/mol. The number of anilines is 1. The van der Waals surface area contributed by atoms with Crippen molar-refractivity contribution in [1.82, 2.24) is 0 Å². The Morgan fingerprint density at radius 2 is 1.60 bits per heavy atom. The molecule has 1 amide bonds. The van der Waals surface area contributed by atoms with E-state index in [1.807, 2.05) is 44.2 Å². The Hall–Kier alpha value is -2.82. The molecule has 5 heteroatoms. The second-order valence-electron chi connectivity index (χ2n) is 5.78. The molecule has 0 aliphatic carbocycles. The number of carbonyl (C=O) groups excluding carboxylic acids is 2. The smallest absolute Gasteiger partial charge is 0.414 e. The zero-order valence-corrected chi connectivity index (χ0v) is 15.0. The molecule has 0 saturated carbocycles. The molecule has 0 fully saturated rings. The van der Waals surface area contributed by atoms with Gasteiger partial charge in [-0.1, -0.05) is 30.3 Å². The predicted octanol–water partition coefficient (Wildman–Crippen LogP) is 4.25. The second-order valence-corrected chi connectivity index (χ2v) is 5.78. The van der Waals surface area contributed by atoms with E-state index >= 15 is 0 Å². The van der Waals surface area contributed by atoms with Gasteiger partial charge >= 0.3 is 12.1 Å². The molecule has 0 unspecified atom stereocenters. The van der Waals surface area contributed by atoms with Crippen molar-refractivity contribution < 1.29 is 19.1 Å². The normalized spacial score (nSPS) is 10.2. The lowest BCUT2D eigenvalue weighted by Gasteiger charge is -2.22. The van der Waals surface area contributed by atoms with Crippen molar-refractivity contribution >= 4 is 17.7 Å². The fraction of sp³-hybridized carbons (Fsp3) is 0.300. The average molecular weight is 341 g/mol. The van der Waals surface area contributed by atoms with Crippen molar-refractivity contribution in [3.05, 3.63) is 64.7 Å². The van der Waals surface area contributed by atoms with Crippen LogP contribution in [0.5, 0.6) is 0 Å². The van der Waals surface area contributed by atoms with Gasteiger partial charge in [-0.15, -0.1) is 0 Å². The van der Waals surface area contributed by atoms with Gasteiger partial charge in [-0.3, -0.25) is 4.90 Å². The van der Waals surface area contributed by atoms with E-state index in [4.69, 9.17) is 9.47 Å². The Kier molecular flexibility index (Phi) is 6.17. The molecule has 0 bridgehead atoms. The number of hydrogen-bond acceptors (Lipinski definition) is 4. The van der Waals surface area contributed by atoms with Crippen LogP contribution in [0.25, 0.3) is 0 Å². The first kappa shape index (κ1) is 18.5. The highest BCUT2D eigenvalue weighted by Gasteiger charge is 2.19. The molecule has 0 spiro atoms. The molecule has 0 heterocycles. The largest absolute Gasteiger partial charge is 0.462 e. The zero-order valence-electron chi connectivity index (χ0n) is 15.0. The van der Waals surface area contributed by atoms with E-state index in [1.54, 1.807) is 26.1 Å². The molecular weight excluding hydrogens is 318 g/mol. The highest BCUT2D eigenvalue weighted by Crippen LogP contribution is 2.26. The Morgan fingerprint density at radius 3 is 2.16 bits per heavy atom. The summed E-state index contributed by atoms with van der Waals surface area (Å²) in [5.41, 5.74) is 3.75. The standard InChI is InChI=1S/C20H23NO4/c1-5-24-19(22)17-11-14(2)18(15(3)12-17)21(4)20(23)25-13-16-9-7-6-8-10-16/h6-12H,5,13H2,1-4H3. The van der Waals surface area contributed by atoms with Crippen molar-refractivity contribution in [3.8, 4) is 0 Å². The van der Waals surface area contributed by atoms with Gasteiger partial charge in [0.25, 0.3) is 0 Å². The summed E-state index contributed by atoms with van der Waals surface area (Å²) in [7, 11) is 1.66. The molecule has 0 saturated heterocycles. The molecule has 132 valence electrons. The van der Waals surface area contributed by atoms with E-state index in [0.717, 1.165) is 22.4 Å². The van der Waals surface area contributed by atoms with Crippen LogP contribution in [0, 0.1) is 13.8 Å². The fourth-order valence-electron chi connectivity index (χ4n) is 2.72. The highest BCUT2D eigenvalue weighted by atomic mass is 16.6. The summed E-state index contributed by atoms with van der Waals surface area (Å²) in [6.45, 7) is 6.01. The van der Waals surface area contributed by atoms with Gasteiger partial charge < -0.3 is 9.47 Å². The highest BCUT2D eigenvalue weighted by molar-refractivity contribution is 5.93. The Balaban J connectivity index is 2.13. The SMILES string of the molecule is CCOC(=O)c1cc(C)c(N(C)C(=O)OCc2ccccc2)c(C)c1. The van der Waals surface area contributed by atoms with Crippen LogP contribution in [0.15, 0.2) is 42.5 Å². The summed E-state index contributed by atoms with van der Waals surface area (Å²) in [5, 5.41) is 0. The minimum absolute atomic E-state index is 0.211. The molecule has 25 heavy (non-hydrogen) atoms. The summed E-state index contributed by atoms with van der Waals surface area (Å²) < 4.78 is 10.4. The van der Waals surface area contributed by atoms with Crippen LogP contribution in [-0.4, -0.2) is 25.7 Å². The number of benzene rings is 2. The topological polar surface area (TPSA) is 55.8 Å². The van der Waals surface area contributed by atoms with Gasteiger partial charge in [0.1, 0.15) is 6.61 Å². The van der Waals surface area contributed by atoms with E-state index in [1.165, 1.54) is 4.90 Å². The quantitative estimate of drug-likeness (QED) is 0.763. The first-order valence-corrected chi connectivity index (χ1v) is 8.16. The molecule has 0 aliphatic rings. The monoisotopic (exact) mass is 341 g/mol. The van der Waals surface area contributed by atoms with E-state index < -0.39 is 6.09 Å². The van der Waals surface area contributed by atoms with E-state index in [9.17, 15) is 9.59 Å². The summed E-state index contributed by atoms with van der Waals surface area (Å²) in [6.07, 6.45) is -0.445. The zero-order chi connectivity index (χ0) is 18.4. The molecule has 0 atom stereocenters. The molecule has 2 aromatic rings. The molecule has 0 N–H and O–H groups in total. The van der Waals surface area contributed by atoms with Crippen LogP contribution in [0.3, 0.4) is 0 Å². The Labute approximate surface area is 148 Å². The number of amides is 1. The van der Waals surface area contributed by atoms with E-state index in [-0.39, 0.29) is 12.6 Å². The third-order valence-electron chi connectivity index (χ3n) is 3.82. The summed E-state index contributed by atoms with van der Waals surface area (Å²) in [4.78, 5) is 25.7. The third kappa shape index (κ3) is 4.59. The summed E-state index contributed by atoms with van der Waals surface area (Å²) >= 11 is 0. The Morgan fingerprint density at radius 1 is 1.00 bits per heavy atom. The van der Waals surface area contributed by atoms with Gasteiger partial charge in [-0.2, -0.15) is 0 Å².